The summed E-state index contributed by atoms with van der Waals surface area (Å²) in [5, 5.41) is 13.6. The van der Waals surface area contributed by atoms with Crippen LogP contribution >= 0.6 is 11.3 Å². The number of aliphatic carboxylic acids is 1. The van der Waals surface area contributed by atoms with E-state index in [0.717, 1.165) is 16.9 Å². The maximum absolute atomic E-state index is 12.6. The molecule has 0 radical (unpaired) electrons. The van der Waals surface area contributed by atoms with Crippen LogP contribution in [0.1, 0.15) is 21.7 Å². The molecule has 0 fully saturated rings. The molecule has 1 heterocycles. The van der Waals surface area contributed by atoms with E-state index in [1.165, 1.54) is 24.3 Å². The molecular formula is C22H18F3NO4S. The number of hydrogen-bond donors (Lipinski definition) is 2. The van der Waals surface area contributed by atoms with Crippen LogP contribution < -0.4 is 10.1 Å². The summed E-state index contributed by atoms with van der Waals surface area (Å²) in [6, 6.07) is 15.6. The molecule has 3 rings (SSSR count). The van der Waals surface area contributed by atoms with Crippen LogP contribution in [-0.4, -0.2) is 29.4 Å². The minimum atomic E-state index is -4.76. The predicted molar refractivity (Wildman–Crippen MR) is 110 cm³/mol. The Bertz CT molecular complexity index is 1030. The molecule has 0 aliphatic carbocycles. The first-order chi connectivity index (χ1) is 14.7. The number of rotatable bonds is 8. The van der Waals surface area contributed by atoms with Gasteiger partial charge in [0.2, 0.25) is 0 Å². The van der Waals surface area contributed by atoms with Crippen LogP contribution in [0.5, 0.6) is 5.75 Å². The number of amides is 1. The number of carbonyl (C=O) groups excluding carboxylic acids is 1. The van der Waals surface area contributed by atoms with Gasteiger partial charge in [-0.05, 0) is 46.7 Å². The van der Waals surface area contributed by atoms with Gasteiger partial charge in [0.15, 0.2) is 0 Å². The second-order valence-electron chi connectivity index (χ2n) is 6.73. The summed E-state index contributed by atoms with van der Waals surface area (Å²) in [7, 11) is 0. The van der Waals surface area contributed by atoms with Crippen LogP contribution in [0, 0.1) is 0 Å². The van der Waals surface area contributed by atoms with Crippen molar-refractivity contribution in [3.05, 3.63) is 76.5 Å². The second-order valence-corrected chi connectivity index (χ2v) is 7.64. The summed E-state index contributed by atoms with van der Waals surface area (Å²) in [4.78, 5) is 24.2. The van der Waals surface area contributed by atoms with Gasteiger partial charge in [0.1, 0.15) is 5.75 Å². The number of nitrogens with one attached hydrogen (secondary N) is 1. The van der Waals surface area contributed by atoms with Gasteiger partial charge in [-0.3, -0.25) is 9.59 Å². The van der Waals surface area contributed by atoms with Crippen LogP contribution in [0.25, 0.3) is 11.1 Å². The molecule has 1 aromatic heterocycles. The second kappa shape index (κ2) is 9.65. The molecule has 0 bridgehead atoms. The number of alkyl halides is 3. The smallest absolute Gasteiger partial charge is 0.481 e. The van der Waals surface area contributed by atoms with E-state index in [2.05, 4.69) is 10.1 Å². The maximum Gasteiger partial charge on any atom is 0.573 e. The van der Waals surface area contributed by atoms with Crippen molar-refractivity contribution in [3.8, 4) is 16.9 Å². The molecule has 0 aliphatic heterocycles. The number of halogens is 3. The lowest BCUT2D eigenvalue weighted by Crippen LogP contribution is -2.37. The normalized spacial score (nSPS) is 12.2. The average Bonchev–Trinajstić information content (AvgIpc) is 3.18. The van der Waals surface area contributed by atoms with E-state index in [1.54, 1.807) is 11.4 Å². The van der Waals surface area contributed by atoms with Gasteiger partial charge in [-0.15, -0.1) is 24.5 Å². The molecule has 162 valence electrons. The molecule has 31 heavy (non-hydrogen) atoms. The SMILES string of the molecule is O=C(O)CC(Cc1ccccc1)NC(=O)c1cc(-c2ccc(OC(F)(F)F)cc2)cs1. The van der Waals surface area contributed by atoms with Crippen molar-refractivity contribution in [2.24, 2.45) is 0 Å². The molecule has 9 heteroatoms. The van der Waals surface area contributed by atoms with Crippen LogP contribution in [0.4, 0.5) is 13.2 Å². The van der Waals surface area contributed by atoms with Gasteiger partial charge < -0.3 is 15.2 Å². The summed E-state index contributed by atoms with van der Waals surface area (Å²) in [5.41, 5.74) is 2.19. The molecule has 1 amide bonds. The van der Waals surface area contributed by atoms with E-state index in [9.17, 15) is 22.8 Å². The van der Waals surface area contributed by atoms with Crippen molar-refractivity contribution >= 4 is 23.2 Å². The Morgan fingerprint density at radius 1 is 1.03 bits per heavy atom. The van der Waals surface area contributed by atoms with Crippen LogP contribution in [0.2, 0.25) is 0 Å². The Morgan fingerprint density at radius 3 is 2.32 bits per heavy atom. The standard InChI is InChI=1S/C22H18F3NO4S/c23-22(24,25)30-18-8-6-15(7-9-18)16-11-19(31-13-16)21(29)26-17(12-20(27)28)10-14-4-2-1-3-5-14/h1-9,11,13,17H,10,12H2,(H,26,29)(H,27,28). The fourth-order valence-electron chi connectivity index (χ4n) is 3.00. The quantitative estimate of drug-likeness (QED) is 0.500. The lowest BCUT2D eigenvalue weighted by molar-refractivity contribution is -0.274. The summed E-state index contributed by atoms with van der Waals surface area (Å²) < 4.78 is 40.7. The highest BCUT2D eigenvalue weighted by Gasteiger charge is 2.31. The number of carboxylic acids is 1. The summed E-state index contributed by atoms with van der Waals surface area (Å²) in [6.45, 7) is 0. The third kappa shape index (κ3) is 6.85. The summed E-state index contributed by atoms with van der Waals surface area (Å²) in [5.74, 6) is -1.76. The first-order valence-corrected chi connectivity index (χ1v) is 10.1. The van der Waals surface area contributed by atoms with E-state index in [-0.39, 0.29) is 12.2 Å². The van der Waals surface area contributed by atoms with Gasteiger partial charge in [-0.1, -0.05) is 42.5 Å². The first kappa shape index (κ1) is 22.4. The maximum atomic E-state index is 12.6. The van der Waals surface area contributed by atoms with E-state index in [4.69, 9.17) is 5.11 Å². The van der Waals surface area contributed by atoms with Crippen LogP contribution in [0.3, 0.4) is 0 Å². The Morgan fingerprint density at radius 2 is 1.71 bits per heavy atom. The molecule has 0 saturated carbocycles. The number of thiophene rings is 1. The zero-order valence-corrected chi connectivity index (χ0v) is 16.9. The van der Waals surface area contributed by atoms with Gasteiger partial charge in [0, 0.05) is 6.04 Å². The van der Waals surface area contributed by atoms with Crippen LogP contribution in [0.15, 0.2) is 66.0 Å². The minimum Gasteiger partial charge on any atom is -0.481 e. The number of ether oxygens (including phenoxy) is 1. The molecule has 5 nitrogen and oxygen atoms in total. The monoisotopic (exact) mass is 449 g/mol. The zero-order valence-electron chi connectivity index (χ0n) is 16.1. The van der Waals surface area contributed by atoms with Crippen molar-refractivity contribution in [3.63, 3.8) is 0 Å². The third-order valence-electron chi connectivity index (χ3n) is 4.33. The average molecular weight is 449 g/mol. The number of carboxylic acid groups (broad SMARTS) is 1. The molecule has 3 aromatic rings. The first-order valence-electron chi connectivity index (χ1n) is 9.21. The third-order valence-corrected chi connectivity index (χ3v) is 5.25. The van der Waals surface area contributed by atoms with Gasteiger partial charge in [-0.25, -0.2) is 0 Å². The zero-order chi connectivity index (χ0) is 22.4. The summed E-state index contributed by atoms with van der Waals surface area (Å²) in [6.07, 6.45) is -4.61. The fraction of sp³-hybridized carbons (Fsp3) is 0.182. The lowest BCUT2D eigenvalue weighted by Gasteiger charge is -2.16. The van der Waals surface area contributed by atoms with Gasteiger partial charge >= 0.3 is 12.3 Å². The van der Waals surface area contributed by atoms with E-state index in [0.29, 0.717) is 22.4 Å². The molecule has 1 atom stereocenters. The van der Waals surface area contributed by atoms with Gasteiger partial charge in [0.05, 0.1) is 11.3 Å². The fourth-order valence-corrected chi connectivity index (χ4v) is 3.81. The molecule has 0 aliphatic rings. The predicted octanol–water partition coefficient (Wildman–Crippen LogP) is 5.13. The highest BCUT2D eigenvalue weighted by atomic mass is 32.1. The van der Waals surface area contributed by atoms with Gasteiger partial charge in [-0.2, -0.15) is 0 Å². The Balaban J connectivity index is 1.68. The topological polar surface area (TPSA) is 75.6 Å². The number of benzene rings is 2. The van der Waals surface area contributed by atoms with E-state index < -0.39 is 24.3 Å². The number of hydrogen-bond acceptors (Lipinski definition) is 4. The highest BCUT2D eigenvalue weighted by Crippen LogP contribution is 2.29. The Kier molecular flexibility index (Phi) is 6.96. The molecule has 1 unspecified atom stereocenters. The van der Waals surface area contributed by atoms with Crippen molar-refractivity contribution in [2.45, 2.75) is 25.2 Å². The van der Waals surface area contributed by atoms with Crippen LogP contribution in [-0.2, 0) is 11.2 Å². The van der Waals surface area contributed by atoms with E-state index >= 15 is 0 Å². The largest absolute Gasteiger partial charge is 0.573 e. The minimum absolute atomic E-state index is 0.223. The molecule has 2 N–H and O–H groups in total. The molecular weight excluding hydrogens is 431 g/mol. The Labute approximate surface area is 180 Å². The molecule has 2 aromatic carbocycles. The highest BCUT2D eigenvalue weighted by molar-refractivity contribution is 7.12. The van der Waals surface area contributed by atoms with E-state index in [1.807, 2.05) is 30.3 Å². The van der Waals surface area contributed by atoms with Crippen molar-refractivity contribution in [1.29, 1.82) is 0 Å². The van der Waals surface area contributed by atoms with Crippen molar-refractivity contribution < 1.29 is 32.6 Å². The van der Waals surface area contributed by atoms with Gasteiger partial charge in [0.25, 0.3) is 5.91 Å². The Hall–Kier alpha value is -3.33. The van der Waals surface area contributed by atoms with Crippen molar-refractivity contribution in [2.75, 3.05) is 0 Å². The molecule has 0 saturated heterocycles. The molecule has 0 spiro atoms. The number of carbonyl (C=O) groups is 2. The van der Waals surface area contributed by atoms with Crippen molar-refractivity contribution in [1.82, 2.24) is 5.32 Å². The summed E-state index contributed by atoms with van der Waals surface area (Å²) >= 11 is 1.16. The lowest BCUT2D eigenvalue weighted by atomic mass is 10.0.